The number of nitrogens with two attached hydrogens (primary N) is 1. The van der Waals surface area contributed by atoms with E-state index in [0.717, 1.165) is 19.0 Å². The molecule has 0 unspecified atom stereocenters. The van der Waals surface area contributed by atoms with Crippen molar-refractivity contribution < 1.29 is 22.7 Å². The van der Waals surface area contributed by atoms with Gasteiger partial charge in [-0.05, 0) is 30.9 Å². The van der Waals surface area contributed by atoms with Gasteiger partial charge in [-0.1, -0.05) is 0 Å². The fourth-order valence-corrected chi connectivity index (χ4v) is 3.28. The Balaban J connectivity index is 1.71. The molecular formula is C15H18F3N3O2. The first-order valence-electron chi connectivity index (χ1n) is 7.60. The van der Waals surface area contributed by atoms with Gasteiger partial charge in [0.25, 0.3) is 0 Å². The van der Waals surface area contributed by atoms with Crippen LogP contribution in [0.2, 0.25) is 0 Å². The number of fused-ring (bicyclic) bond motifs is 1. The molecule has 1 aromatic heterocycles. The summed E-state index contributed by atoms with van der Waals surface area (Å²) in [5.74, 6) is -0.395. The zero-order chi connectivity index (χ0) is 16.6. The maximum Gasteiger partial charge on any atom is 0.573 e. The molecule has 126 valence electrons. The predicted molar refractivity (Wildman–Crippen MR) is 75.4 cm³/mol. The van der Waals surface area contributed by atoms with Crippen molar-refractivity contribution in [1.29, 1.82) is 0 Å². The van der Waals surface area contributed by atoms with E-state index in [4.69, 9.17) is 5.73 Å². The van der Waals surface area contributed by atoms with Crippen LogP contribution in [-0.2, 0) is 17.8 Å². The first-order chi connectivity index (χ1) is 10.8. The van der Waals surface area contributed by atoms with Crippen molar-refractivity contribution in [2.45, 2.75) is 44.6 Å². The second-order valence-electron chi connectivity index (χ2n) is 6.10. The molecule has 0 saturated heterocycles. The van der Waals surface area contributed by atoms with Crippen molar-refractivity contribution in [3.05, 3.63) is 23.5 Å². The van der Waals surface area contributed by atoms with Crippen LogP contribution in [0.1, 0.15) is 30.5 Å². The highest BCUT2D eigenvalue weighted by molar-refractivity contribution is 5.79. The Bertz CT molecular complexity index is 606. The van der Waals surface area contributed by atoms with E-state index in [-0.39, 0.29) is 30.2 Å². The van der Waals surface area contributed by atoms with E-state index in [0.29, 0.717) is 30.6 Å². The highest BCUT2D eigenvalue weighted by Gasteiger charge is 2.34. The van der Waals surface area contributed by atoms with Crippen LogP contribution in [0.15, 0.2) is 12.3 Å². The summed E-state index contributed by atoms with van der Waals surface area (Å²) in [6, 6.07) is 1.38. The monoisotopic (exact) mass is 329 g/mol. The largest absolute Gasteiger partial charge is 0.573 e. The Kier molecular flexibility index (Phi) is 4.18. The average molecular weight is 329 g/mol. The van der Waals surface area contributed by atoms with Gasteiger partial charge in [0.1, 0.15) is 5.75 Å². The summed E-state index contributed by atoms with van der Waals surface area (Å²) in [5.41, 5.74) is 7.16. The molecule has 0 aromatic carbocycles. The van der Waals surface area contributed by atoms with Gasteiger partial charge in [-0.15, -0.1) is 13.2 Å². The highest BCUT2D eigenvalue weighted by Crippen LogP contribution is 2.30. The topological polar surface area (TPSA) is 68.5 Å². The van der Waals surface area contributed by atoms with Gasteiger partial charge in [0, 0.05) is 37.2 Å². The van der Waals surface area contributed by atoms with Crippen LogP contribution < -0.4 is 10.5 Å². The molecule has 1 saturated carbocycles. The molecule has 0 spiro atoms. The molecular weight excluding hydrogens is 311 g/mol. The first kappa shape index (κ1) is 16.0. The van der Waals surface area contributed by atoms with Crippen LogP contribution in [0.5, 0.6) is 5.75 Å². The highest BCUT2D eigenvalue weighted by atomic mass is 19.4. The SMILES string of the molecule is N[C@@H]1CC[C@H](C(=O)N2CCc3ncc(OC(F)(F)F)cc3C2)C1. The molecule has 5 nitrogen and oxygen atoms in total. The lowest BCUT2D eigenvalue weighted by atomic mass is 10.0. The maximum atomic E-state index is 12.5. The number of carbonyl (C=O) groups excluding carboxylic acids is 1. The minimum atomic E-state index is -4.75. The number of aromatic nitrogens is 1. The summed E-state index contributed by atoms with van der Waals surface area (Å²) >= 11 is 0. The van der Waals surface area contributed by atoms with E-state index in [9.17, 15) is 18.0 Å². The van der Waals surface area contributed by atoms with Gasteiger partial charge in [-0.3, -0.25) is 9.78 Å². The fraction of sp³-hybridized carbons (Fsp3) is 0.600. The molecule has 23 heavy (non-hydrogen) atoms. The Morgan fingerprint density at radius 1 is 1.39 bits per heavy atom. The molecule has 1 amide bonds. The smallest absolute Gasteiger partial charge is 0.404 e. The van der Waals surface area contributed by atoms with Crippen LogP contribution in [0.3, 0.4) is 0 Å². The zero-order valence-electron chi connectivity index (χ0n) is 12.5. The van der Waals surface area contributed by atoms with Crippen LogP contribution in [0.4, 0.5) is 13.2 Å². The minimum absolute atomic E-state index is 0.0331. The molecule has 2 heterocycles. The molecule has 2 aliphatic rings. The number of hydrogen-bond acceptors (Lipinski definition) is 4. The van der Waals surface area contributed by atoms with Crippen molar-refractivity contribution in [2.24, 2.45) is 11.7 Å². The maximum absolute atomic E-state index is 12.5. The van der Waals surface area contributed by atoms with Crippen molar-refractivity contribution in [3.63, 3.8) is 0 Å². The van der Waals surface area contributed by atoms with Crippen LogP contribution in [0.25, 0.3) is 0 Å². The lowest BCUT2D eigenvalue weighted by Gasteiger charge is -2.30. The van der Waals surface area contributed by atoms with Crippen molar-refractivity contribution >= 4 is 5.91 Å². The van der Waals surface area contributed by atoms with Gasteiger partial charge in [0.05, 0.1) is 6.20 Å². The third kappa shape index (κ3) is 3.74. The lowest BCUT2D eigenvalue weighted by Crippen LogP contribution is -2.39. The van der Waals surface area contributed by atoms with E-state index in [1.54, 1.807) is 4.90 Å². The first-order valence-corrected chi connectivity index (χ1v) is 7.60. The second kappa shape index (κ2) is 5.99. The molecule has 1 fully saturated rings. The third-order valence-electron chi connectivity index (χ3n) is 4.38. The molecule has 0 radical (unpaired) electrons. The van der Waals surface area contributed by atoms with Crippen LogP contribution >= 0.6 is 0 Å². The number of rotatable bonds is 2. The summed E-state index contributed by atoms with van der Waals surface area (Å²) < 4.78 is 40.8. The number of alkyl halides is 3. The summed E-state index contributed by atoms with van der Waals surface area (Å²) in [6.45, 7) is 0.798. The van der Waals surface area contributed by atoms with Gasteiger partial charge < -0.3 is 15.4 Å². The Morgan fingerprint density at radius 2 is 2.17 bits per heavy atom. The van der Waals surface area contributed by atoms with Crippen molar-refractivity contribution in [3.8, 4) is 5.75 Å². The van der Waals surface area contributed by atoms with E-state index < -0.39 is 6.36 Å². The quantitative estimate of drug-likeness (QED) is 0.901. The molecule has 0 bridgehead atoms. The molecule has 2 N–H and O–H groups in total. The summed E-state index contributed by atoms with van der Waals surface area (Å²) in [7, 11) is 0. The van der Waals surface area contributed by atoms with Crippen LogP contribution in [0, 0.1) is 5.92 Å². The number of amides is 1. The van der Waals surface area contributed by atoms with Crippen molar-refractivity contribution in [2.75, 3.05) is 6.54 Å². The number of pyridine rings is 1. The number of ether oxygens (including phenoxy) is 1. The van der Waals surface area contributed by atoms with E-state index >= 15 is 0 Å². The van der Waals surface area contributed by atoms with Gasteiger partial charge >= 0.3 is 6.36 Å². The Labute approximate surface area is 131 Å². The summed E-state index contributed by atoms with van der Waals surface area (Å²) in [6.07, 6.45) is -0.853. The van der Waals surface area contributed by atoms with E-state index in [2.05, 4.69) is 9.72 Å². The third-order valence-corrected chi connectivity index (χ3v) is 4.38. The van der Waals surface area contributed by atoms with Gasteiger partial charge in [0.2, 0.25) is 5.91 Å². The minimum Gasteiger partial charge on any atom is -0.404 e. The molecule has 2 atom stereocenters. The average Bonchev–Trinajstić information content (AvgIpc) is 2.90. The molecule has 3 rings (SSSR count). The zero-order valence-corrected chi connectivity index (χ0v) is 12.5. The standard InChI is InChI=1S/C15H18F3N3O2/c16-15(17,18)23-12-6-10-8-21(4-3-13(10)20-7-12)14(22)9-1-2-11(19)5-9/h6-7,9,11H,1-5,8,19H2/t9-,11+/m0/s1. The number of hydrogen-bond donors (Lipinski definition) is 1. The van der Waals surface area contributed by atoms with Gasteiger partial charge in [-0.25, -0.2) is 0 Å². The van der Waals surface area contributed by atoms with Gasteiger partial charge in [0.15, 0.2) is 0 Å². The second-order valence-corrected chi connectivity index (χ2v) is 6.10. The molecule has 1 aliphatic carbocycles. The molecule has 1 aliphatic heterocycles. The fourth-order valence-electron chi connectivity index (χ4n) is 3.28. The molecule has 1 aromatic rings. The number of carbonyl (C=O) groups is 1. The van der Waals surface area contributed by atoms with Crippen LogP contribution in [-0.4, -0.2) is 34.7 Å². The Hall–Kier alpha value is -1.83. The Morgan fingerprint density at radius 3 is 2.83 bits per heavy atom. The van der Waals surface area contributed by atoms with E-state index in [1.165, 1.54) is 6.07 Å². The van der Waals surface area contributed by atoms with Gasteiger partial charge in [-0.2, -0.15) is 0 Å². The van der Waals surface area contributed by atoms with Crippen molar-refractivity contribution in [1.82, 2.24) is 9.88 Å². The number of nitrogens with zero attached hydrogens (tertiary/aromatic N) is 2. The lowest BCUT2D eigenvalue weighted by molar-refractivity contribution is -0.274. The van der Waals surface area contributed by atoms with E-state index in [1.807, 2.05) is 0 Å². The summed E-state index contributed by atoms with van der Waals surface area (Å²) in [4.78, 5) is 18.2. The summed E-state index contributed by atoms with van der Waals surface area (Å²) in [5, 5.41) is 0. The number of halogens is 3. The predicted octanol–water partition coefficient (Wildman–Crippen LogP) is 1.99. The normalized spacial score (nSPS) is 24.4. The molecule has 8 heteroatoms.